The molecule has 2 heterocycles. The van der Waals surface area contributed by atoms with Gasteiger partial charge < -0.3 is 5.73 Å². The lowest BCUT2D eigenvalue weighted by Gasteiger charge is -1.99. The van der Waals surface area contributed by atoms with Crippen molar-refractivity contribution in [3.63, 3.8) is 0 Å². The van der Waals surface area contributed by atoms with Crippen molar-refractivity contribution in [2.45, 2.75) is 13.3 Å². The lowest BCUT2D eigenvalue weighted by Crippen LogP contribution is -2.08. The lowest BCUT2D eigenvalue weighted by atomic mass is 10.4. The quantitative estimate of drug-likeness (QED) is 0.745. The molecule has 0 unspecified atom stereocenters. The highest BCUT2D eigenvalue weighted by molar-refractivity contribution is 7.17. The number of hydrogen-bond acceptors (Lipinski definition) is 5. The molecule has 0 bridgehead atoms. The zero-order valence-electron chi connectivity index (χ0n) is 7.94. The van der Waals surface area contributed by atoms with E-state index in [2.05, 4.69) is 9.97 Å². The molecule has 0 radical (unpaired) electrons. The molecule has 0 aliphatic carbocycles. The summed E-state index contributed by atoms with van der Waals surface area (Å²) in [4.78, 5) is 19.6. The van der Waals surface area contributed by atoms with Crippen molar-refractivity contribution >= 4 is 27.5 Å². The molecular formula is C8H10N4OS. The number of nitrogens with zero attached hydrogens (tertiary/aromatic N) is 3. The van der Waals surface area contributed by atoms with Gasteiger partial charge in [-0.2, -0.15) is 0 Å². The summed E-state index contributed by atoms with van der Waals surface area (Å²) < 4.78 is 2.17. The van der Waals surface area contributed by atoms with Crippen LogP contribution in [0.15, 0.2) is 4.79 Å². The standard InChI is InChI=1S/C8H10N4OS/c1-3-4-10-6(9)5-7(11-4)12(2)8(13)14-5/h3H2,1-2H3,(H2,9,10,11). The van der Waals surface area contributed by atoms with Crippen LogP contribution in [-0.2, 0) is 13.5 Å². The lowest BCUT2D eigenvalue weighted by molar-refractivity contribution is 0.887. The van der Waals surface area contributed by atoms with Crippen LogP contribution < -0.4 is 10.6 Å². The van der Waals surface area contributed by atoms with E-state index in [4.69, 9.17) is 5.73 Å². The Balaban J connectivity index is 2.90. The van der Waals surface area contributed by atoms with E-state index in [0.29, 0.717) is 28.4 Å². The third-order valence-electron chi connectivity index (χ3n) is 2.02. The molecule has 0 saturated carbocycles. The summed E-state index contributed by atoms with van der Waals surface area (Å²) in [5, 5.41) is 0. The predicted molar refractivity (Wildman–Crippen MR) is 56.4 cm³/mol. The third-order valence-corrected chi connectivity index (χ3v) is 3.06. The Hall–Kier alpha value is -1.43. The molecule has 6 heteroatoms. The minimum atomic E-state index is -0.0609. The topological polar surface area (TPSA) is 73.8 Å². The Morgan fingerprint density at radius 1 is 1.50 bits per heavy atom. The molecule has 14 heavy (non-hydrogen) atoms. The van der Waals surface area contributed by atoms with Crippen molar-refractivity contribution in [2.75, 3.05) is 5.73 Å². The normalized spacial score (nSPS) is 11.0. The zero-order chi connectivity index (χ0) is 10.3. The summed E-state index contributed by atoms with van der Waals surface area (Å²) in [5.74, 6) is 1.07. The maximum Gasteiger partial charge on any atom is 0.309 e. The fraction of sp³-hybridized carbons (Fsp3) is 0.375. The van der Waals surface area contributed by atoms with E-state index in [1.165, 1.54) is 4.57 Å². The van der Waals surface area contributed by atoms with Crippen LogP contribution >= 0.6 is 11.3 Å². The number of aryl methyl sites for hydroxylation is 2. The first-order valence-corrected chi connectivity index (χ1v) is 5.07. The summed E-state index contributed by atoms with van der Waals surface area (Å²) in [6.45, 7) is 1.95. The van der Waals surface area contributed by atoms with Crippen molar-refractivity contribution in [1.82, 2.24) is 14.5 Å². The Morgan fingerprint density at radius 2 is 2.21 bits per heavy atom. The van der Waals surface area contributed by atoms with Gasteiger partial charge in [0.2, 0.25) is 0 Å². The third kappa shape index (κ3) is 1.19. The number of nitrogens with two attached hydrogens (primary N) is 1. The predicted octanol–water partition coefficient (Wildman–Crippen LogP) is 0.535. The zero-order valence-corrected chi connectivity index (χ0v) is 8.76. The van der Waals surface area contributed by atoms with Crippen molar-refractivity contribution in [2.24, 2.45) is 7.05 Å². The summed E-state index contributed by atoms with van der Waals surface area (Å²) in [6.07, 6.45) is 0.712. The van der Waals surface area contributed by atoms with E-state index in [0.717, 1.165) is 11.3 Å². The van der Waals surface area contributed by atoms with Gasteiger partial charge in [-0.05, 0) is 0 Å². The number of thiazole rings is 1. The first kappa shape index (κ1) is 9.14. The van der Waals surface area contributed by atoms with Crippen LogP contribution in [0.1, 0.15) is 12.7 Å². The molecule has 0 amide bonds. The van der Waals surface area contributed by atoms with Crippen LogP contribution in [-0.4, -0.2) is 14.5 Å². The number of aromatic nitrogens is 3. The number of hydrogen-bond donors (Lipinski definition) is 1. The second kappa shape index (κ2) is 3.06. The van der Waals surface area contributed by atoms with E-state index >= 15 is 0 Å². The first-order valence-electron chi connectivity index (χ1n) is 4.25. The fourth-order valence-electron chi connectivity index (χ4n) is 1.23. The molecule has 5 nitrogen and oxygen atoms in total. The number of anilines is 1. The summed E-state index contributed by atoms with van der Waals surface area (Å²) in [7, 11) is 1.69. The van der Waals surface area contributed by atoms with Gasteiger partial charge in [-0.25, -0.2) is 9.97 Å². The number of fused-ring (bicyclic) bond motifs is 1. The second-order valence-electron chi connectivity index (χ2n) is 2.96. The Bertz CT molecular complexity index is 542. The minimum Gasteiger partial charge on any atom is -0.382 e. The van der Waals surface area contributed by atoms with Gasteiger partial charge in [0, 0.05) is 13.5 Å². The van der Waals surface area contributed by atoms with Gasteiger partial charge in [0.05, 0.1) is 0 Å². The van der Waals surface area contributed by atoms with Crippen molar-refractivity contribution in [3.8, 4) is 0 Å². The molecule has 2 aromatic rings. The molecule has 0 fully saturated rings. The van der Waals surface area contributed by atoms with Crippen LogP contribution in [0.2, 0.25) is 0 Å². The average Bonchev–Trinajstić information content (AvgIpc) is 2.45. The van der Waals surface area contributed by atoms with Crippen molar-refractivity contribution < 1.29 is 0 Å². The van der Waals surface area contributed by atoms with Crippen LogP contribution in [0.3, 0.4) is 0 Å². The van der Waals surface area contributed by atoms with Crippen molar-refractivity contribution in [3.05, 3.63) is 15.5 Å². The molecule has 0 aliphatic rings. The maximum absolute atomic E-state index is 11.3. The van der Waals surface area contributed by atoms with Crippen molar-refractivity contribution in [1.29, 1.82) is 0 Å². The van der Waals surface area contributed by atoms with E-state index in [1.54, 1.807) is 7.05 Å². The Morgan fingerprint density at radius 3 is 2.86 bits per heavy atom. The summed E-state index contributed by atoms with van der Waals surface area (Å²) >= 11 is 1.08. The molecule has 0 spiro atoms. The van der Waals surface area contributed by atoms with E-state index in [9.17, 15) is 4.79 Å². The first-order chi connectivity index (χ1) is 6.63. The number of nitrogen functional groups attached to an aromatic ring is 1. The molecule has 74 valence electrons. The highest BCUT2D eigenvalue weighted by atomic mass is 32.1. The van der Waals surface area contributed by atoms with Crippen LogP contribution in [0.5, 0.6) is 0 Å². The largest absolute Gasteiger partial charge is 0.382 e. The average molecular weight is 210 g/mol. The van der Waals surface area contributed by atoms with Gasteiger partial charge in [-0.3, -0.25) is 9.36 Å². The molecule has 0 aromatic carbocycles. The SMILES string of the molecule is CCc1nc(N)c2sc(=O)n(C)c2n1. The van der Waals surface area contributed by atoms with Gasteiger partial charge in [-0.1, -0.05) is 18.3 Å². The van der Waals surface area contributed by atoms with Gasteiger partial charge in [0.25, 0.3) is 0 Å². The van der Waals surface area contributed by atoms with E-state index in [1.807, 2.05) is 6.92 Å². The molecule has 0 atom stereocenters. The van der Waals surface area contributed by atoms with Gasteiger partial charge in [0.1, 0.15) is 16.3 Å². The Kier molecular flexibility index (Phi) is 1.99. The van der Waals surface area contributed by atoms with Crippen LogP contribution in [0, 0.1) is 0 Å². The summed E-state index contributed by atoms with van der Waals surface area (Å²) in [6, 6.07) is 0. The fourth-order valence-corrected chi connectivity index (χ4v) is 2.05. The van der Waals surface area contributed by atoms with Gasteiger partial charge in [-0.15, -0.1) is 0 Å². The van der Waals surface area contributed by atoms with E-state index in [-0.39, 0.29) is 4.87 Å². The highest BCUT2D eigenvalue weighted by Crippen LogP contribution is 2.19. The molecule has 2 rings (SSSR count). The molecule has 0 aliphatic heterocycles. The smallest absolute Gasteiger partial charge is 0.309 e. The van der Waals surface area contributed by atoms with Gasteiger partial charge in [0.15, 0.2) is 5.65 Å². The molecule has 2 N–H and O–H groups in total. The Labute approximate surface area is 84.2 Å². The van der Waals surface area contributed by atoms with Crippen LogP contribution in [0.25, 0.3) is 10.3 Å². The summed E-state index contributed by atoms with van der Waals surface area (Å²) in [5.41, 5.74) is 6.35. The second-order valence-corrected chi connectivity index (χ2v) is 3.92. The minimum absolute atomic E-state index is 0.0609. The molecular weight excluding hydrogens is 200 g/mol. The van der Waals surface area contributed by atoms with Crippen LogP contribution in [0.4, 0.5) is 5.82 Å². The molecule has 2 aromatic heterocycles. The maximum atomic E-state index is 11.3. The highest BCUT2D eigenvalue weighted by Gasteiger charge is 2.10. The number of rotatable bonds is 1. The monoisotopic (exact) mass is 210 g/mol. The van der Waals surface area contributed by atoms with Gasteiger partial charge >= 0.3 is 4.87 Å². The van der Waals surface area contributed by atoms with E-state index < -0.39 is 0 Å². The molecule has 0 saturated heterocycles.